The van der Waals surface area contributed by atoms with Crippen LogP contribution in [0.15, 0.2) is 29.2 Å². The molecule has 6 heteroatoms. The van der Waals surface area contributed by atoms with E-state index in [0.717, 1.165) is 5.56 Å². The molecule has 1 heterocycles. The first-order chi connectivity index (χ1) is 11.5. The van der Waals surface area contributed by atoms with E-state index < -0.39 is 10.0 Å². The molecule has 0 bridgehead atoms. The van der Waals surface area contributed by atoms with E-state index in [1.807, 2.05) is 26.0 Å². The molecule has 1 aromatic carbocycles. The summed E-state index contributed by atoms with van der Waals surface area (Å²) in [4.78, 5) is 12.4. The molecular formula is C19H30N2O3S. The third-order valence-electron chi connectivity index (χ3n) is 4.61. The van der Waals surface area contributed by atoms with Crippen molar-refractivity contribution in [3.8, 4) is 0 Å². The fourth-order valence-corrected chi connectivity index (χ4v) is 4.51. The molecule has 1 fully saturated rings. The number of sulfonamides is 1. The van der Waals surface area contributed by atoms with Crippen LogP contribution < -0.4 is 5.32 Å². The zero-order chi connectivity index (χ0) is 18.8. The van der Waals surface area contributed by atoms with E-state index >= 15 is 0 Å². The predicted molar refractivity (Wildman–Crippen MR) is 99.9 cm³/mol. The predicted octanol–water partition coefficient (Wildman–Crippen LogP) is 2.91. The molecule has 1 amide bonds. The first-order valence-electron chi connectivity index (χ1n) is 8.93. The van der Waals surface area contributed by atoms with Crippen molar-refractivity contribution < 1.29 is 13.2 Å². The first-order valence-corrected chi connectivity index (χ1v) is 10.4. The van der Waals surface area contributed by atoms with Crippen LogP contribution in [0.4, 0.5) is 0 Å². The standard InChI is InChI=1S/C19H30N2O3S/c1-14(2)20-18(22)15-10-12-21(13-11-15)25(23,24)17-8-6-16(7-9-17)19(3,4)5/h6-9,14-15H,10-13H2,1-5H3,(H,20,22). The molecule has 0 atom stereocenters. The van der Waals surface area contributed by atoms with E-state index in [0.29, 0.717) is 30.8 Å². The molecule has 0 unspecified atom stereocenters. The van der Waals surface area contributed by atoms with Crippen LogP contribution >= 0.6 is 0 Å². The van der Waals surface area contributed by atoms with Gasteiger partial charge < -0.3 is 5.32 Å². The van der Waals surface area contributed by atoms with Crippen LogP contribution in [0.1, 0.15) is 53.0 Å². The number of amides is 1. The highest BCUT2D eigenvalue weighted by atomic mass is 32.2. The van der Waals surface area contributed by atoms with E-state index in [1.54, 1.807) is 12.1 Å². The Morgan fingerprint density at radius 2 is 1.64 bits per heavy atom. The maximum atomic E-state index is 12.8. The summed E-state index contributed by atoms with van der Waals surface area (Å²) in [5.74, 6) is -0.0707. The van der Waals surface area contributed by atoms with Crippen molar-refractivity contribution in [2.45, 2.75) is 63.8 Å². The molecule has 0 saturated carbocycles. The minimum absolute atomic E-state index is 0.00951. The van der Waals surface area contributed by atoms with Gasteiger partial charge in [0.2, 0.25) is 15.9 Å². The van der Waals surface area contributed by atoms with Gasteiger partial charge in [0, 0.05) is 25.0 Å². The largest absolute Gasteiger partial charge is 0.354 e. The van der Waals surface area contributed by atoms with Crippen molar-refractivity contribution in [3.05, 3.63) is 29.8 Å². The van der Waals surface area contributed by atoms with Gasteiger partial charge in [0.05, 0.1) is 4.90 Å². The molecule has 0 radical (unpaired) electrons. The lowest BCUT2D eigenvalue weighted by Crippen LogP contribution is -2.44. The molecular weight excluding hydrogens is 336 g/mol. The fraction of sp³-hybridized carbons (Fsp3) is 0.632. The Hall–Kier alpha value is -1.40. The number of piperidine rings is 1. The van der Waals surface area contributed by atoms with Gasteiger partial charge in [-0.25, -0.2) is 8.42 Å². The normalized spacial score (nSPS) is 17.7. The van der Waals surface area contributed by atoms with E-state index in [9.17, 15) is 13.2 Å². The van der Waals surface area contributed by atoms with Crippen LogP contribution in [-0.4, -0.2) is 37.8 Å². The summed E-state index contributed by atoms with van der Waals surface area (Å²) in [5.41, 5.74) is 1.10. The number of rotatable bonds is 4. The van der Waals surface area contributed by atoms with Crippen LogP contribution in [0, 0.1) is 5.92 Å². The highest BCUT2D eigenvalue weighted by molar-refractivity contribution is 7.89. The summed E-state index contributed by atoms with van der Waals surface area (Å²) >= 11 is 0. The number of benzene rings is 1. The maximum Gasteiger partial charge on any atom is 0.243 e. The van der Waals surface area contributed by atoms with Crippen molar-refractivity contribution in [1.29, 1.82) is 0 Å². The lowest BCUT2D eigenvalue weighted by Gasteiger charge is -2.31. The monoisotopic (exact) mass is 366 g/mol. The summed E-state index contributed by atoms with van der Waals surface area (Å²) in [7, 11) is -3.49. The number of nitrogens with one attached hydrogen (secondary N) is 1. The Kier molecular flexibility index (Phi) is 5.94. The number of carbonyl (C=O) groups excluding carboxylic acids is 1. The maximum absolute atomic E-state index is 12.8. The smallest absolute Gasteiger partial charge is 0.243 e. The molecule has 1 aliphatic heterocycles. The third kappa shape index (κ3) is 4.82. The van der Waals surface area contributed by atoms with Crippen LogP contribution in [-0.2, 0) is 20.2 Å². The van der Waals surface area contributed by atoms with Crippen molar-refractivity contribution in [3.63, 3.8) is 0 Å². The number of nitrogens with zero attached hydrogens (tertiary/aromatic N) is 1. The number of carbonyl (C=O) groups is 1. The van der Waals surface area contributed by atoms with Crippen LogP contribution in [0.2, 0.25) is 0 Å². The lowest BCUT2D eigenvalue weighted by atomic mass is 9.87. The Labute approximate surface area is 151 Å². The van der Waals surface area contributed by atoms with Gasteiger partial charge in [-0.05, 0) is 49.8 Å². The molecule has 25 heavy (non-hydrogen) atoms. The van der Waals surface area contributed by atoms with E-state index in [1.165, 1.54) is 4.31 Å². The Bertz CT molecular complexity index is 695. The van der Waals surface area contributed by atoms with Gasteiger partial charge in [-0.2, -0.15) is 4.31 Å². The average Bonchev–Trinajstić information content (AvgIpc) is 2.53. The summed E-state index contributed by atoms with van der Waals surface area (Å²) in [6.07, 6.45) is 1.13. The lowest BCUT2D eigenvalue weighted by molar-refractivity contribution is -0.126. The minimum Gasteiger partial charge on any atom is -0.354 e. The third-order valence-corrected chi connectivity index (χ3v) is 6.53. The van der Waals surface area contributed by atoms with Crippen LogP contribution in [0.5, 0.6) is 0 Å². The van der Waals surface area contributed by atoms with Gasteiger partial charge in [-0.1, -0.05) is 32.9 Å². The summed E-state index contributed by atoms with van der Waals surface area (Å²) in [6.45, 7) is 10.9. The van der Waals surface area contributed by atoms with Gasteiger partial charge in [0.1, 0.15) is 0 Å². The molecule has 1 saturated heterocycles. The molecule has 0 spiro atoms. The van der Waals surface area contributed by atoms with Gasteiger partial charge in [0.15, 0.2) is 0 Å². The van der Waals surface area contributed by atoms with E-state index in [2.05, 4.69) is 26.1 Å². The summed E-state index contributed by atoms with van der Waals surface area (Å²) in [6, 6.07) is 7.25. The van der Waals surface area contributed by atoms with Gasteiger partial charge >= 0.3 is 0 Å². The zero-order valence-corrected chi connectivity index (χ0v) is 16.7. The number of hydrogen-bond donors (Lipinski definition) is 1. The van der Waals surface area contributed by atoms with Crippen LogP contribution in [0.25, 0.3) is 0 Å². The van der Waals surface area contributed by atoms with Gasteiger partial charge in [-0.15, -0.1) is 0 Å². The summed E-state index contributed by atoms with van der Waals surface area (Å²) < 4.78 is 27.2. The topological polar surface area (TPSA) is 66.5 Å². The molecule has 1 N–H and O–H groups in total. The highest BCUT2D eigenvalue weighted by Gasteiger charge is 2.32. The number of hydrogen-bond acceptors (Lipinski definition) is 3. The average molecular weight is 367 g/mol. The zero-order valence-electron chi connectivity index (χ0n) is 15.9. The quantitative estimate of drug-likeness (QED) is 0.891. The second-order valence-corrected chi connectivity index (χ2v) is 10.1. The molecule has 1 aliphatic rings. The highest BCUT2D eigenvalue weighted by Crippen LogP contribution is 2.27. The molecule has 0 aliphatic carbocycles. The summed E-state index contributed by atoms with van der Waals surface area (Å²) in [5, 5.41) is 2.91. The Morgan fingerprint density at radius 1 is 1.12 bits per heavy atom. The molecule has 1 aromatic rings. The van der Waals surface area contributed by atoms with E-state index in [-0.39, 0.29) is 23.3 Å². The second-order valence-electron chi connectivity index (χ2n) is 8.12. The first kappa shape index (κ1) is 19.9. The van der Waals surface area contributed by atoms with Gasteiger partial charge in [0.25, 0.3) is 0 Å². The SMILES string of the molecule is CC(C)NC(=O)C1CCN(S(=O)(=O)c2ccc(C(C)(C)C)cc2)CC1. The van der Waals surface area contributed by atoms with Crippen LogP contribution in [0.3, 0.4) is 0 Å². The van der Waals surface area contributed by atoms with Crippen molar-refractivity contribution in [2.75, 3.05) is 13.1 Å². The van der Waals surface area contributed by atoms with Crippen molar-refractivity contribution >= 4 is 15.9 Å². The molecule has 0 aromatic heterocycles. The molecule has 2 rings (SSSR count). The van der Waals surface area contributed by atoms with E-state index in [4.69, 9.17) is 0 Å². The molecule has 140 valence electrons. The minimum atomic E-state index is -3.49. The van der Waals surface area contributed by atoms with Crippen molar-refractivity contribution in [1.82, 2.24) is 9.62 Å². The fourth-order valence-electron chi connectivity index (χ4n) is 3.04. The van der Waals surface area contributed by atoms with Gasteiger partial charge in [-0.3, -0.25) is 4.79 Å². The van der Waals surface area contributed by atoms with Crippen molar-refractivity contribution in [2.24, 2.45) is 5.92 Å². The molecule has 5 nitrogen and oxygen atoms in total. The Morgan fingerprint density at radius 3 is 2.08 bits per heavy atom. The second kappa shape index (κ2) is 7.46. The Balaban J connectivity index is 2.05.